The predicted molar refractivity (Wildman–Crippen MR) is 95.4 cm³/mol. The Bertz CT molecular complexity index is 666. The number of hydrogen-bond donors (Lipinski definition) is 0. The molecular formula is C19H26N2O5. The fourth-order valence-corrected chi connectivity index (χ4v) is 2.44. The molecule has 7 nitrogen and oxygen atoms in total. The second kappa shape index (κ2) is 10.7. The van der Waals surface area contributed by atoms with Gasteiger partial charge in [-0.15, -0.1) is 0 Å². The molecule has 0 fully saturated rings. The number of aromatic nitrogens is 2. The highest BCUT2D eigenvalue weighted by atomic mass is 16.7. The summed E-state index contributed by atoms with van der Waals surface area (Å²) in [7, 11) is 0. The van der Waals surface area contributed by atoms with Gasteiger partial charge in [-0.1, -0.05) is 30.3 Å². The first kappa shape index (κ1) is 20.1. The van der Waals surface area contributed by atoms with E-state index in [9.17, 15) is 4.79 Å². The highest BCUT2D eigenvalue weighted by Crippen LogP contribution is 2.24. The summed E-state index contributed by atoms with van der Waals surface area (Å²) in [4.78, 5) is 16.4. The summed E-state index contributed by atoms with van der Waals surface area (Å²) in [6.07, 6.45) is 0.824. The second-order valence-corrected chi connectivity index (χ2v) is 5.37. The monoisotopic (exact) mass is 362 g/mol. The number of imidazole rings is 1. The van der Waals surface area contributed by atoms with Gasteiger partial charge < -0.3 is 23.5 Å². The van der Waals surface area contributed by atoms with Crippen molar-refractivity contribution in [3.05, 3.63) is 53.6 Å². The lowest BCUT2D eigenvalue weighted by molar-refractivity contribution is -0.146. The van der Waals surface area contributed by atoms with Crippen molar-refractivity contribution < 1.29 is 23.7 Å². The molecule has 1 aromatic carbocycles. The number of nitrogens with zero attached hydrogens (tertiary/aromatic N) is 2. The van der Waals surface area contributed by atoms with E-state index in [0.717, 1.165) is 5.56 Å². The third-order valence-corrected chi connectivity index (χ3v) is 3.55. The molecule has 0 spiro atoms. The summed E-state index contributed by atoms with van der Waals surface area (Å²) in [5, 5.41) is 0. The third kappa shape index (κ3) is 5.39. The summed E-state index contributed by atoms with van der Waals surface area (Å²) in [5.41, 5.74) is 1.74. The van der Waals surface area contributed by atoms with Gasteiger partial charge in [-0.2, -0.15) is 0 Å². The summed E-state index contributed by atoms with van der Waals surface area (Å²) in [5.74, 6) is -0.506. The molecule has 7 heteroatoms. The van der Waals surface area contributed by atoms with Crippen LogP contribution in [0, 0.1) is 0 Å². The summed E-state index contributed by atoms with van der Waals surface area (Å²) >= 11 is 0. The van der Waals surface area contributed by atoms with Gasteiger partial charge in [-0.05, 0) is 26.3 Å². The Morgan fingerprint density at radius 2 is 1.77 bits per heavy atom. The van der Waals surface area contributed by atoms with Crippen LogP contribution in [0.3, 0.4) is 0 Å². The Labute approximate surface area is 153 Å². The highest BCUT2D eigenvalue weighted by Gasteiger charge is 2.27. The van der Waals surface area contributed by atoms with Crippen molar-refractivity contribution in [2.24, 2.45) is 0 Å². The van der Waals surface area contributed by atoms with E-state index < -0.39 is 12.3 Å². The number of carbonyl (C=O) groups is 1. The Morgan fingerprint density at radius 1 is 1.08 bits per heavy atom. The largest absolute Gasteiger partial charge is 0.461 e. The Morgan fingerprint density at radius 3 is 2.38 bits per heavy atom. The molecule has 0 aliphatic heterocycles. The van der Waals surface area contributed by atoms with Gasteiger partial charge >= 0.3 is 5.97 Å². The van der Waals surface area contributed by atoms with Crippen LogP contribution >= 0.6 is 0 Å². The zero-order chi connectivity index (χ0) is 18.8. The van der Waals surface area contributed by atoms with Crippen molar-refractivity contribution in [3.8, 4) is 0 Å². The molecule has 0 saturated carbocycles. The molecule has 0 N–H and O–H groups in total. The van der Waals surface area contributed by atoms with Crippen LogP contribution < -0.4 is 0 Å². The average molecular weight is 362 g/mol. The molecule has 1 heterocycles. The maximum absolute atomic E-state index is 12.2. The van der Waals surface area contributed by atoms with Crippen molar-refractivity contribution in [2.75, 3.05) is 19.8 Å². The van der Waals surface area contributed by atoms with E-state index in [2.05, 4.69) is 4.98 Å². The van der Waals surface area contributed by atoms with E-state index in [0.29, 0.717) is 25.5 Å². The number of esters is 1. The number of carbonyl (C=O) groups excluding carboxylic acids is 1. The normalized spacial score (nSPS) is 11.1. The molecule has 0 atom stereocenters. The van der Waals surface area contributed by atoms with Crippen LogP contribution in [0.5, 0.6) is 0 Å². The fraction of sp³-hybridized carbons (Fsp3) is 0.474. The van der Waals surface area contributed by atoms with Gasteiger partial charge in [0.1, 0.15) is 12.4 Å². The minimum atomic E-state index is -0.716. The quantitative estimate of drug-likeness (QED) is 0.451. The zero-order valence-electron chi connectivity index (χ0n) is 15.5. The first-order valence-electron chi connectivity index (χ1n) is 8.78. The van der Waals surface area contributed by atoms with Crippen molar-refractivity contribution in [3.63, 3.8) is 0 Å². The summed E-state index contributed by atoms with van der Waals surface area (Å²) in [6, 6.07) is 9.85. The lowest BCUT2D eigenvalue weighted by atomic mass is 10.2. The maximum Gasteiger partial charge on any atom is 0.359 e. The van der Waals surface area contributed by atoms with E-state index in [4.69, 9.17) is 18.9 Å². The van der Waals surface area contributed by atoms with Gasteiger partial charge in [-0.25, -0.2) is 9.78 Å². The Hall–Kier alpha value is -2.22. The predicted octanol–water partition coefficient (Wildman–Crippen LogP) is 3.31. The van der Waals surface area contributed by atoms with Gasteiger partial charge in [0.2, 0.25) is 6.29 Å². The number of rotatable bonds is 11. The van der Waals surface area contributed by atoms with Crippen molar-refractivity contribution in [2.45, 2.75) is 40.4 Å². The number of benzene rings is 1. The standard InChI is InChI=1S/C19H26N2O5/c1-4-24-18(22)16-17(19(25-5-2)26-6-3)21(13-20-16)14-23-12-15-10-8-7-9-11-15/h7-11,13,19H,4-6,12,14H2,1-3H3. The van der Waals surface area contributed by atoms with E-state index in [1.54, 1.807) is 11.5 Å². The van der Waals surface area contributed by atoms with Crippen molar-refractivity contribution in [1.29, 1.82) is 0 Å². The molecule has 0 radical (unpaired) electrons. The van der Waals surface area contributed by atoms with Crippen LogP contribution in [0.1, 0.15) is 48.8 Å². The first-order chi connectivity index (χ1) is 12.7. The molecular weight excluding hydrogens is 336 g/mol. The lowest BCUT2D eigenvalue weighted by Crippen LogP contribution is -2.19. The first-order valence-corrected chi connectivity index (χ1v) is 8.78. The van der Waals surface area contributed by atoms with Crippen LogP contribution in [0.15, 0.2) is 36.7 Å². The van der Waals surface area contributed by atoms with Crippen LogP contribution in [-0.4, -0.2) is 35.3 Å². The molecule has 0 bridgehead atoms. The van der Waals surface area contributed by atoms with E-state index in [1.807, 2.05) is 44.2 Å². The lowest BCUT2D eigenvalue weighted by Gasteiger charge is -2.20. The molecule has 26 heavy (non-hydrogen) atoms. The molecule has 142 valence electrons. The van der Waals surface area contributed by atoms with E-state index in [-0.39, 0.29) is 19.0 Å². The SMILES string of the molecule is CCOC(=O)c1ncn(COCc2ccccc2)c1C(OCC)OCC. The van der Waals surface area contributed by atoms with Gasteiger partial charge in [0.05, 0.1) is 19.5 Å². The molecule has 0 aliphatic rings. The van der Waals surface area contributed by atoms with Gasteiger partial charge in [-0.3, -0.25) is 0 Å². The number of hydrogen-bond acceptors (Lipinski definition) is 6. The molecule has 1 aromatic heterocycles. The maximum atomic E-state index is 12.2. The fourth-order valence-electron chi connectivity index (χ4n) is 2.44. The van der Waals surface area contributed by atoms with Gasteiger partial charge in [0.15, 0.2) is 5.69 Å². The molecule has 2 rings (SSSR count). The van der Waals surface area contributed by atoms with E-state index in [1.165, 1.54) is 6.33 Å². The van der Waals surface area contributed by atoms with Crippen molar-refractivity contribution >= 4 is 5.97 Å². The average Bonchev–Trinajstić information content (AvgIpc) is 3.06. The molecule has 0 saturated heterocycles. The summed E-state index contributed by atoms with van der Waals surface area (Å²) in [6.45, 7) is 7.27. The van der Waals surface area contributed by atoms with Gasteiger partial charge in [0.25, 0.3) is 0 Å². The van der Waals surface area contributed by atoms with Crippen LogP contribution in [0.4, 0.5) is 0 Å². The molecule has 0 unspecified atom stereocenters. The highest BCUT2D eigenvalue weighted by molar-refractivity contribution is 5.88. The molecule has 2 aromatic rings. The smallest absolute Gasteiger partial charge is 0.359 e. The Kier molecular flexibility index (Phi) is 8.27. The zero-order valence-corrected chi connectivity index (χ0v) is 15.5. The number of ether oxygens (including phenoxy) is 4. The topological polar surface area (TPSA) is 71.8 Å². The van der Waals surface area contributed by atoms with Crippen LogP contribution in [-0.2, 0) is 32.3 Å². The van der Waals surface area contributed by atoms with Gasteiger partial charge in [0, 0.05) is 13.2 Å². The van der Waals surface area contributed by atoms with Crippen LogP contribution in [0.2, 0.25) is 0 Å². The van der Waals surface area contributed by atoms with Crippen LogP contribution in [0.25, 0.3) is 0 Å². The van der Waals surface area contributed by atoms with Crippen molar-refractivity contribution in [1.82, 2.24) is 9.55 Å². The minimum absolute atomic E-state index is 0.182. The third-order valence-electron chi connectivity index (χ3n) is 3.55. The summed E-state index contributed by atoms with van der Waals surface area (Å²) < 4.78 is 23.9. The molecule has 0 amide bonds. The molecule has 0 aliphatic carbocycles. The minimum Gasteiger partial charge on any atom is -0.461 e. The van der Waals surface area contributed by atoms with E-state index >= 15 is 0 Å². The Balaban J connectivity index is 2.19. The second-order valence-electron chi connectivity index (χ2n) is 5.37.